The number of para-hydroxylation sites is 1. The van der Waals surface area contributed by atoms with Crippen LogP contribution in [0.2, 0.25) is 0 Å². The Labute approximate surface area is 180 Å². The Morgan fingerprint density at radius 3 is 2.45 bits per heavy atom. The lowest BCUT2D eigenvalue weighted by Gasteiger charge is -2.09. The predicted molar refractivity (Wildman–Crippen MR) is 116 cm³/mol. The van der Waals surface area contributed by atoms with E-state index in [1.165, 1.54) is 12.1 Å². The molecule has 31 heavy (non-hydrogen) atoms. The molecule has 1 heterocycles. The van der Waals surface area contributed by atoms with Crippen LogP contribution in [0, 0.1) is 0 Å². The summed E-state index contributed by atoms with van der Waals surface area (Å²) in [6, 6.07) is 13.4. The summed E-state index contributed by atoms with van der Waals surface area (Å²) in [6.07, 6.45) is 1.53. The molecule has 3 aromatic rings. The van der Waals surface area contributed by atoms with Crippen LogP contribution < -0.4 is 20.3 Å². The number of hydrogen-bond acceptors (Lipinski definition) is 5. The quantitative estimate of drug-likeness (QED) is 0.457. The van der Waals surface area contributed by atoms with Gasteiger partial charge < -0.3 is 9.30 Å². The topological polar surface area (TPSA) is 119 Å². The van der Waals surface area contributed by atoms with Crippen molar-refractivity contribution >= 4 is 32.7 Å². The van der Waals surface area contributed by atoms with Gasteiger partial charge in [-0.2, -0.15) is 0 Å². The van der Waals surface area contributed by atoms with Crippen molar-refractivity contribution in [2.45, 2.75) is 18.2 Å². The van der Waals surface area contributed by atoms with E-state index in [9.17, 15) is 18.0 Å². The SMILES string of the molecule is CCOc1ccc(S(=O)(=O)NCCC(=O)NNC(=O)c2cn(C)c3ccccc23)cc1. The van der Waals surface area contributed by atoms with Crippen molar-refractivity contribution < 1.29 is 22.7 Å². The van der Waals surface area contributed by atoms with E-state index < -0.39 is 21.8 Å². The number of amides is 2. The Morgan fingerprint density at radius 1 is 1.03 bits per heavy atom. The van der Waals surface area contributed by atoms with Gasteiger partial charge in [0.05, 0.1) is 17.1 Å². The molecular formula is C21H24N4O5S. The van der Waals surface area contributed by atoms with Gasteiger partial charge in [-0.3, -0.25) is 20.4 Å². The average Bonchev–Trinajstić information content (AvgIpc) is 3.09. The first kappa shape index (κ1) is 22.3. The van der Waals surface area contributed by atoms with E-state index in [4.69, 9.17) is 4.74 Å². The van der Waals surface area contributed by atoms with Crippen molar-refractivity contribution in [1.82, 2.24) is 20.1 Å². The lowest BCUT2D eigenvalue weighted by molar-refractivity contribution is -0.121. The molecule has 10 heteroatoms. The highest BCUT2D eigenvalue weighted by atomic mass is 32.2. The Balaban J connectivity index is 1.49. The van der Waals surface area contributed by atoms with Crippen molar-refractivity contribution in [2.75, 3.05) is 13.2 Å². The molecule has 2 aromatic carbocycles. The van der Waals surface area contributed by atoms with Gasteiger partial charge in [0.1, 0.15) is 5.75 Å². The fourth-order valence-electron chi connectivity index (χ4n) is 3.04. The highest BCUT2D eigenvalue weighted by molar-refractivity contribution is 7.89. The fraction of sp³-hybridized carbons (Fsp3) is 0.238. The number of fused-ring (bicyclic) bond motifs is 1. The third-order valence-corrected chi connectivity index (χ3v) is 6.02. The van der Waals surface area contributed by atoms with Crippen LogP contribution in [-0.4, -0.2) is 38.0 Å². The number of hydrazine groups is 1. The van der Waals surface area contributed by atoms with Crippen LogP contribution in [-0.2, 0) is 21.9 Å². The largest absolute Gasteiger partial charge is 0.494 e. The molecule has 0 atom stereocenters. The van der Waals surface area contributed by atoms with Crippen molar-refractivity contribution in [2.24, 2.45) is 7.05 Å². The first-order valence-corrected chi connectivity index (χ1v) is 11.2. The smallest absolute Gasteiger partial charge is 0.271 e. The van der Waals surface area contributed by atoms with Crippen molar-refractivity contribution in [3.8, 4) is 5.75 Å². The molecule has 9 nitrogen and oxygen atoms in total. The molecule has 0 radical (unpaired) electrons. The van der Waals surface area contributed by atoms with Gasteiger partial charge in [-0.15, -0.1) is 0 Å². The molecule has 0 aliphatic carbocycles. The standard InChI is InChI=1S/C21H24N4O5S/c1-3-30-15-8-10-16(11-9-15)31(28,29)22-13-12-20(26)23-24-21(27)18-14-25(2)19-7-5-4-6-17(18)19/h4-11,14,22H,3,12-13H2,1-2H3,(H,23,26)(H,24,27). The Bertz CT molecular complexity index is 1190. The molecule has 164 valence electrons. The van der Waals surface area contributed by atoms with Crippen LogP contribution in [0.4, 0.5) is 0 Å². The van der Waals surface area contributed by atoms with Crippen LogP contribution in [0.3, 0.4) is 0 Å². The highest BCUT2D eigenvalue weighted by Gasteiger charge is 2.16. The lowest BCUT2D eigenvalue weighted by Crippen LogP contribution is -2.42. The Kier molecular flexibility index (Phi) is 6.93. The summed E-state index contributed by atoms with van der Waals surface area (Å²) in [7, 11) is -1.93. The van der Waals surface area contributed by atoms with Gasteiger partial charge in [0.15, 0.2) is 0 Å². The first-order chi connectivity index (χ1) is 14.8. The molecule has 0 fully saturated rings. The van der Waals surface area contributed by atoms with Crippen LogP contribution in [0.15, 0.2) is 59.6 Å². The van der Waals surface area contributed by atoms with E-state index in [0.29, 0.717) is 17.9 Å². The summed E-state index contributed by atoms with van der Waals surface area (Å²) < 4.78 is 34.1. The Morgan fingerprint density at radius 2 is 1.74 bits per heavy atom. The second kappa shape index (κ2) is 9.63. The fourth-order valence-corrected chi connectivity index (χ4v) is 4.07. The molecular weight excluding hydrogens is 420 g/mol. The summed E-state index contributed by atoms with van der Waals surface area (Å²) in [5, 5.41) is 0.764. The number of rotatable bonds is 8. The number of aryl methyl sites for hydroxylation is 1. The van der Waals surface area contributed by atoms with E-state index in [-0.39, 0.29) is 17.9 Å². The number of carbonyl (C=O) groups excluding carboxylic acids is 2. The monoisotopic (exact) mass is 444 g/mol. The summed E-state index contributed by atoms with van der Waals surface area (Å²) >= 11 is 0. The number of aromatic nitrogens is 1. The number of benzene rings is 2. The van der Waals surface area contributed by atoms with Crippen LogP contribution in [0.5, 0.6) is 5.75 Å². The number of carbonyl (C=O) groups is 2. The molecule has 0 bridgehead atoms. The molecule has 0 unspecified atom stereocenters. The number of ether oxygens (including phenoxy) is 1. The molecule has 0 saturated heterocycles. The minimum atomic E-state index is -3.76. The predicted octanol–water partition coefficient (Wildman–Crippen LogP) is 1.71. The van der Waals surface area contributed by atoms with Gasteiger partial charge in [-0.25, -0.2) is 13.1 Å². The molecule has 0 spiro atoms. The Hall–Kier alpha value is -3.37. The zero-order chi connectivity index (χ0) is 22.4. The second-order valence-electron chi connectivity index (χ2n) is 6.73. The normalized spacial score (nSPS) is 11.3. The highest BCUT2D eigenvalue weighted by Crippen LogP contribution is 2.20. The zero-order valence-corrected chi connectivity index (χ0v) is 18.0. The average molecular weight is 445 g/mol. The van der Waals surface area contributed by atoms with E-state index in [1.54, 1.807) is 18.3 Å². The molecule has 3 rings (SSSR count). The van der Waals surface area contributed by atoms with E-state index in [0.717, 1.165) is 10.9 Å². The second-order valence-corrected chi connectivity index (χ2v) is 8.49. The maximum atomic E-state index is 12.4. The van der Waals surface area contributed by atoms with Crippen LogP contribution >= 0.6 is 0 Å². The maximum Gasteiger partial charge on any atom is 0.271 e. The minimum Gasteiger partial charge on any atom is -0.494 e. The third-order valence-electron chi connectivity index (χ3n) is 4.55. The van der Waals surface area contributed by atoms with Crippen molar-refractivity contribution in [3.05, 3.63) is 60.3 Å². The summed E-state index contributed by atoms with van der Waals surface area (Å²) in [6.45, 7) is 2.20. The molecule has 1 aromatic heterocycles. The molecule has 0 aliphatic heterocycles. The van der Waals surface area contributed by atoms with E-state index in [1.807, 2.05) is 42.8 Å². The van der Waals surface area contributed by atoms with E-state index >= 15 is 0 Å². The van der Waals surface area contributed by atoms with Crippen LogP contribution in [0.25, 0.3) is 10.9 Å². The van der Waals surface area contributed by atoms with Gasteiger partial charge in [0.2, 0.25) is 15.9 Å². The minimum absolute atomic E-state index is 0.0700. The first-order valence-electron chi connectivity index (χ1n) is 9.67. The van der Waals surface area contributed by atoms with Crippen LogP contribution in [0.1, 0.15) is 23.7 Å². The molecule has 0 saturated carbocycles. The summed E-state index contributed by atoms with van der Waals surface area (Å²) in [5.74, 6) is -0.411. The molecule has 3 N–H and O–H groups in total. The maximum absolute atomic E-state index is 12.4. The van der Waals surface area contributed by atoms with Gasteiger partial charge in [0.25, 0.3) is 5.91 Å². The lowest BCUT2D eigenvalue weighted by atomic mass is 10.2. The van der Waals surface area contributed by atoms with Gasteiger partial charge in [-0.1, -0.05) is 18.2 Å². The third kappa shape index (κ3) is 5.41. The zero-order valence-electron chi connectivity index (χ0n) is 17.2. The van der Waals surface area contributed by atoms with E-state index in [2.05, 4.69) is 15.6 Å². The molecule has 2 amide bonds. The van der Waals surface area contributed by atoms with Crippen molar-refractivity contribution in [3.63, 3.8) is 0 Å². The van der Waals surface area contributed by atoms with Gasteiger partial charge >= 0.3 is 0 Å². The number of sulfonamides is 1. The molecule has 0 aliphatic rings. The summed E-state index contributed by atoms with van der Waals surface area (Å²) in [4.78, 5) is 24.5. The van der Waals surface area contributed by atoms with Crippen molar-refractivity contribution in [1.29, 1.82) is 0 Å². The number of nitrogens with zero attached hydrogens (tertiary/aromatic N) is 1. The van der Waals surface area contributed by atoms with Gasteiger partial charge in [0, 0.05) is 37.1 Å². The van der Waals surface area contributed by atoms with Gasteiger partial charge in [-0.05, 0) is 37.3 Å². The number of nitrogens with one attached hydrogen (secondary N) is 3. The number of hydrogen-bond donors (Lipinski definition) is 3. The summed E-state index contributed by atoms with van der Waals surface area (Å²) in [5.41, 5.74) is 5.98.